The number of urea groups is 1. The molecule has 154 valence electrons. The highest BCUT2D eigenvalue weighted by Gasteiger charge is 2.21. The Labute approximate surface area is 172 Å². The second kappa shape index (κ2) is 10.8. The number of rotatable bonds is 9. The zero-order valence-electron chi connectivity index (χ0n) is 17.3. The van der Waals surface area contributed by atoms with Crippen LogP contribution < -0.4 is 16.0 Å². The van der Waals surface area contributed by atoms with E-state index in [1.807, 2.05) is 31.1 Å². The minimum atomic E-state index is -0.350. The molecule has 0 spiro atoms. The van der Waals surface area contributed by atoms with Crippen LogP contribution in [-0.4, -0.2) is 46.5 Å². The molecular formula is C21H29N7O. The first-order valence-electron chi connectivity index (χ1n) is 9.59. The molecule has 2 aromatic rings. The van der Waals surface area contributed by atoms with Crippen molar-refractivity contribution in [2.75, 3.05) is 36.6 Å². The number of aromatic nitrogens is 3. The molecule has 2 rings (SSSR count). The lowest BCUT2D eigenvalue weighted by Gasteiger charge is -2.25. The fraction of sp³-hybridized carbons (Fsp3) is 0.333. The van der Waals surface area contributed by atoms with Crippen molar-refractivity contribution in [1.82, 2.24) is 19.9 Å². The van der Waals surface area contributed by atoms with E-state index in [-0.39, 0.29) is 6.03 Å². The summed E-state index contributed by atoms with van der Waals surface area (Å²) in [5.41, 5.74) is 8.20. The van der Waals surface area contributed by atoms with Gasteiger partial charge in [0.05, 0.1) is 23.3 Å². The number of nitrogens with zero attached hydrogens (tertiary/aromatic N) is 5. The van der Waals surface area contributed by atoms with Gasteiger partial charge in [0.1, 0.15) is 0 Å². The Morgan fingerprint density at radius 1 is 1.28 bits per heavy atom. The molecule has 0 atom stereocenters. The van der Waals surface area contributed by atoms with E-state index in [9.17, 15) is 4.79 Å². The minimum absolute atomic E-state index is 0.350. The Hall–Kier alpha value is -3.42. The van der Waals surface area contributed by atoms with Crippen molar-refractivity contribution in [1.29, 1.82) is 0 Å². The number of allylic oxidation sites excluding steroid dienone is 2. The van der Waals surface area contributed by atoms with Gasteiger partial charge in [-0.1, -0.05) is 32.4 Å². The number of unbranched alkanes of at least 4 members (excludes halogenated alkanes) is 2. The summed E-state index contributed by atoms with van der Waals surface area (Å²) in [6, 6.07) is 3.25. The van der Waals surface area contributed by atoms with E-state index in [0.29, 0.717) is 29.6 Å². The van der Waals surface area contributed by atoms with Gasteiger partial charge in [0.25, 0.3) is 0 Å². The second-order valence-corrected chi connectivity index (χ2v) is 6.67. The summed E-state index contributed by atoms with van der Waals surface area (Å²) in [5.74, 6) is 0.782. The average molecular weight is 396 g/mol. The molecule has 0 saturated carbocycles. The third-order valence-electron chi connectivity index (χ3n) is 4.21. The van der Waals surface area contributed by atoms with Gasteiger partial charge >= 0.3 is 6.03 Å². The Balaban J connectivity index is 2.40. The Kier molecular flexibility index (Phi) is 8.14. The summed E-state index contributed by atoms with van der Waals surface area (Å²) >= 11 is 0. The van der Waals surface area contributed by atoms with Crippen molar-refractivity contribution in [2.45, 2.75) is 26.2 Å². The van der Waals surface area contributed by atoms with Crippen LogP contribution in [-0.2, 0) is 0 Å². The van der Waals surface area contributed by atoms with Crippen molar-refractivity contribution in [3.05, 3.63) is 55.1 Å². The molecule has 29 heavy (non-hydrogen) atoms. The highest BCUT2D eigenvalue weighted by molar-refractivity contribution is 6.02. The van der Waals surface area contributed by atoms with E-state index in [1.54, 1.807) is 23.2 Å². The van der Waals surface area contributed by atoms with Crippen LogP contribution in [0.2, 0.25) is 0 Å². The van der Waals surface area contributed by atoms with E-state index in [2.05, 4.69) is 28.8 Å². The average Bonchev–Trinajstić information content (AvgIpc) is 2.71. The van der Waals surface area contributed by atoms with Gasteiger partial charge in [-0.2, -0.15) is 0 Å². The zero-order chi connectivity index (χ0) is 21.2. The SMILES string of the molecule is C=C/C=C(/c1ccc(N)c(N(CCCCC)C(=O)Nc2cnccn2)n1)N(C)C. The number of pyridine rings is 1. The number of hydrogen-bond donors (Lipinski definition) is 2. The molecule has 3 N–H and O–H groups in total. The summed E-state index contributed by atoms with van der Waals surface area (Å²) in [6.45, 7) is 6.37. The van der Waals surface area contributed by atoms with Gasteiger partial charge < -0.3 is 10.6 Å². The first kappa shape index (κ1) is 21.9. The van der Waals surface area contributed by atoms with E-state index in [0.717, 1.165) is 25.0 Å². The molecule has 0 aliphatic carbocycles. The monoisotopic (exact) mass is 395 g/mol. The maximum Gasteiger partial charge on any atom is 0.328 e. The summed E-state index contributed by atoms with van der Waals surface area (Å²) in [5, 5.41) is 2.77. The van der Waals surface area contributed by atoms with E-state index in [4.69, 9.17) is 10.7 Å². The number of carbonyl (C=O) groups is 1. The fourth-order valence-corrected chi connectivity index (χ4v) is 2.76. The van der Waals surface area contributed by atoms with Gasteiger partial charge in [0.2, 0.25) is 0 Å². The van der Waals surface area contributed by atoms with Crippen molar-refractivity contribution in [3.8, 4) is 0 Å². The zero-order valence-corrected chi connectivity index (χ0v) is 17.3. The minimum Gasteiger partial charge on any atom is -0.396 e. The molecule has 8 heteroatoms. The number of hydrogen-bond acceptors (Lipinski definition) is 6. The maximum atomic E-state index is 13.0. The summed E-state index contributed by atoms with van der Waals surface area (Å²) in [6.07, 6.45) is 11.0. The molecule has 0 radical (unpaired) electrons. The van der Waals surface area contributed by atoms with Crippen molar-refractivity contribution in [2.24, 2.45) is 0 Å². The van der Waals surface area contributed by atoms with E-state index >= 15 is 0 Å². The van der Waals surface area contributed by atoms with Crippen molar-refractivity contribution in [3.63, 3.8) is 0 Å². The van der Waals surface area contributed by atoms with Gasteiger partial charge in [0.15, 0.2) is 11.6 Å². The second-order valence-electron chi connectivity index (χ2n) is 6.67. The number of carbonyl (C=O) groups excluding carboxylic acids is 1. The third-order valence-corrected chi connectivity index (χ3v) is 4.21. The first-order chi connectivity index (χ1) is 14.0. The summed E-state index contributed by atoms with van der Waals surface area (Å²) in [4.78, 5) is 29.3. The molecule has 0 saturated heterocycles. The van der Waals surface area contributed by atoms with Crippen LogP contribution in [0.4, 0.5) is 22.1 Å². The molecule has 2 heterocycles. The van der Waals surface area contributed by atoms with Crippen LogP contribution in [0.3, 0.4) is 0 Å². The van der Waals surface area contributed by atoms with Gasteiger partial charge in [-0.3, -0.25) is 15.2 Å². The number of nitrogens with two attached hydrogens (primary N) is 1. The standard InChI is InChI=1S/C21H29N7O/c1-5-7-8-14-28(21(29)26-19-15-23-12-13-24-19)20-16(22)10-11-17(25-20)18(9-6-2)27(3)4/h6,9-13,15H,2,5,7-8,14,22H2,1,3-4H3,(H,24,26,29)/b18-9-. The molecular weight excluding hydrogens is 366 g/mol. The van der Waals surface area contributed by atoms with Gasteiger partial charge in [-0.25, -0.2) is 14.8 Å². The number of nitrogens with one attached hydrogen (secondary N) is 1. The van der Waals surface area contributed by atoms with E-state index in [1.165, 1.54) is 12.4 Å². The third kappa shape index (κ3) is 6.03. The predicted octanol–water partition coefficient (Wildman–Crippen LogP) is 3.77. The van der Waals surface area contributed by atoms with Gasteiger partial charge in [-0.05, 0) is 24.6 Å². The first-order valence-corrected chi connectivity index (χ1v) is 9.59. The van der Waals surface area contributed by atoms with Crippen molar-refractivity contribution >= 4 is 29.1 Å². The molecule has 0 fully saturated rings. The molecule has 0 unspecified atom stereocenters. The lowest BCUT2D eigenvalue weighted by molar-refractivity contribution is 0.256. The van der Waals surface area contributed by atoms with Crippen LogP contribution in [0.15, 0.2) is 49.5 Å². The molecule has 0 aliphatic rings. The molecule has 0 bridgehead atoms. The highest BCUT2D eigenvalue weighted by Crippen LogP contribution is 2.26. The van der Waals surface area contributed by atoms with Crippen LogP contribution in [0.1, 0.15) is 31.9 Å². The van der Waals surface area contributed by atoms with Crippen LogP contribution in [0, 0.1) is 0 Å². The number of amides is 2. The fourth-order valence-electron chi connectivity index (χ4n) is 2.76. The van der Waals surface area contributed by atoms with Crippen LogP contribution >= 0.6 is 0 Å². The van der Waals surface area contributed by atoms with Gasteiger partial charge in [0, 0.05) is 33.0 Å². The molecule has 0 aliphatic heterocycles. The maximum absolute atomic E-state index is 13.0. The van der Waals surface area contributed by atoms with Crippen molar-refractivity contribution < 1.29 is 4.79 Å². The van der Waals surface area contributed by atoms with E-state index < -0.39 is 0 Å². The molecule has 2 amide bonds. The number of anilines is 3. The molecule has 8 nitrogen and oxygen atoms in total. The number of nitrogen functional groups attached to an aromatic ring is 1. The van der Waals surface area contributed by atoms with Gasteiger partial charge in [-0.15, -0.1) is 0 Å². The lowest BCUT2D eigenvalue weighted by atomic mass is 10.2. The summed E-state index contributed by atoms with van der Waals surface area (Å²) < 4.78 is 0. The largest absolute Gasteiger partial charge is 0.396 e. The molecule has 2 aromatic heterocycles. The predicted molar refractivity (Wildman–Crippen MR) is 118 cm³/mol. The molecule has 0 aromatic carbocycles. The normalized spacial score (nSPS) is 11.1. The van der Waals surface area contributed by atoms with Crippen LogP contribution in [0.25, 0.3) is 5.70 Å². The van der Waals surface area contributed by atoms with Crippen LogP contribution in [0.5, 0.6) is 0 Å². The Morgan fingerprint density at radius 3 is 2.69 bits per heavy atom. The smallest absolute Gasteiger partial charge is 0.328 e. The Bertz CT molecular complexity index is 849. The summed E-state index contributed by atoms with van der Waals surface area (Å²) in [7, 11) is 3.85. The highest BCUT2D eigenvalue weighted by atomic mass is 16.2. The topological polar surface area (TPSA) is 100 Å². The Morgan fingerprint density at radius 2 is 2.07 bits per heavy atom. The lowest BCUT2D eigenvalue weighted by Crippen LogP contribution is -2.37. The quantitative estimate of drug-likeness (QED) is 0.495.